The lowest BCUT2D eigenvalue weighted by atomic mass is 10.0. The lowest BCUT2D eigenvalue weighted by Gasteiger charge is -2.35. The van der Waals surface area contributed by atoms with Crippen LogP contribution in [0.15, 0.2) is 22.9 Å². The summed E-state index contributed by atoms with van der Waals surface area (Å²) in [7, 11) is 0. The van der Waals surface area contributed by atoms with Gasteiger partial charge in [0.25, 0.3) is 0 Å². The van der Waals surface area contributed by atoms with E-state index in [2.05, 4.69) is 69.7 Å². The molecule has 2 rings (SSSR count). The zero-order chi connectivity index (χ0) is 13.7. The first-order chi connectivity index (χ1) is 9.20. The monoisotopic (exact) mass is 360 g/mol. The topological polar surface area (TPSA) is 24.9 Å². The standard InChI is InChI=1S/C14H21BrN2S2/c1-3-17-13(14-10(2)18-4-5-19-14)7-11-6-12(15)9-16-8-11/h6,8-10,13-14,17H,3-5,7H2,1-2H3. The van der Waals surface area contributed by atoms with E-state index in [0.29, 0.717) is 11.3 Å². The van der Waals surface area contributed by atoms with Gasteiger partial charge < -0.3 is 5.32 Å². The van der Waals surface area contributed by atoms with E-state index in [4.69, 9.17) is 0 Å². The molecule has 0 bridgehead atoms. The van der Waals surface area contributed by atoms with Crippen LogP contribution in [-0.2, 0) is 6.42 Å². The van der Waals surface area contributed by atoms with Gasteiger partial charge in [-0.15, -0.1) is 0 Å². The second-order valence-electron chi connectivity index (χ2n) is 4.79. The van der Waals surface area contributed by atoms with Crippen LogP contribution in [0.4, 0.5) is 0 Å². The molecular formula is C14H21BrN2S2. The highest BCUT2D eigenvalue weighted by atomic mass is 79.9. The molecule has 3 atom stereocenters. The number of thioether (sulfide) groups is 2. The van der Waals surface area contributed by atoms with Crippen LogP contribution in [0, 0.1) is 0 Å². The normalized spacial score (nSPS) is 25.2. The van der Waals surface area contributed by atoms with Crippen molar-refractivity contribution in [3.05, 3.63) is 28.5 Å². The van der Waals surface area contributed by atoms with Crippen LogP contribution in [-0.4, -0.2) is 39.6 Å². The summed E-state index contributed by atoms with van der Waals surface area (Å²) in [5.74, 6) is 2.57. The molecule has 0 aliphatic carbocycles. The third-order valence-corrected chi connectivity index (χ3v) is 7.00. The van der Waals surface area contributed by atoms with E-state index < -0.39 is 0 Å². The van der Waals surface area contributed by atoms with Gasteiger partial charge in [-0.2, -0.15) is 23.5 Å². The largest absolute Gasteiger partial charge is 0.313 e. The molecule has 1 saturated heterocycles. The maximum atomic E-state index is 4.27. The lowest BCUT2D eigenvalue weighted by molar-refractivity contribution is 0.500. The van der Waals surface area contributed by atoms with E-state index in [1.165, 1.54) is 17.1 Å². The van der Waals surface area contributed by atoms with Gasteiger partial charge >= 0.3 is 0 Å². The summed E-state index contributed by atoms with van der Waals surface area (Å²) >= 11 is 7.74. The summed E-state index contributed by atoms with van der Waals surface area (Å²) < 4.78 is 1.07. The molecule has 1 aromatic rings. The first-order valence-corrected chi connectivity index (χ1v) is 9.65. The summed E-state index contributed by atoms with van der Waals surface area (Å²) in [6.45, 7) is 5.59. The second kappa shape index (κ2) is 7.91. The highest BCUT2D eigenvalue weighted by molar-refractivity contribution is 9.10. The van der Waals surface area contributed by atoms with Crippen molar-refractivity contribution in [3.8, 4) is 0 Å². The minimum absolute atomic E-state index is 0.536. The van der Waals surface area contributed by atoms with Crippen molar-refractivity contribution >= 4 is 39.5 Å². The summed E-state index contributed by atoms with van der Waals surface area (Å²) in [5, 5.41) is 5.09. The first kappa shape index (κ1) is 15.7. The van der Waals surface area contributed by atoms with Crippen molar-refractivity contribution in [1.82, 2.24) is 10.3 Å². The van der Waals surface area contributed by atoms with Crippen molar-refractivity contribution in [3.63, 3.8) is 0 Å². The number of nitrogens with one attached hydrogen (secondary N) is 1. The van der Waals surface area contributed by atoms with Gasteiger partial charge in [-0.1, -0.05) is 13.8 Å². The molecule has 1 aromatic heterocycles. The zero-order valence-corrected chi connectivity index (χ0v) is 14.7. The van der Waals surface area contributed by atoms with Crippen LogP contribution in [0.1, 0.15) is 19.4 Å². The smallest absolute Gasteiger partial charge is 0.0410 e. The van der Waals surface area contributed by atoms with Crippen LogP contribution in [0.2, 0.25) is 0 Å². The molecule has 1 aliphatic heterocycles. The van der Waals surface area contributed by atoms with Crippen molar-refractivity contribution in [2.24, 2.45) is 0 Å². The number of likely N-dealkylation sites (N-methyl/N-ethyl adjacent to an activating group) is 1. The average molecular weight is 361 g/mol. The molecule has 5 heteroatoms. The molecule has 1 N–H and O–H groups in total. The van der Waals surface area contributed by atoms with E-state index in [1.54, 1.807) is 0 Å². The minimum Gasteiger partial charge on any atom is -0.313 e. The Kier molecular flexibility index (Phi) is 6.53. The minimum atomic E-state index is 0.536. The Bertz CT molecular complexity index is 403. The molecule has 2 heterocycles. The van der Waals surface area contributed by atoms with Gasteiger partial charge in [0, 0.05) is 44.9 Å². The van der Waals surface area contributed by atoms with E-state index in [-0.39, 0.29) is 0 Å². The highest BCUT2D eigenvalue weighted by Crippen LogP contribution is 2.34. The number of halogens is 1. The molecule has 1 aliphatic rings. The molecule has 0 spiro atoms. The zero-order valence-electron chi connectivity index (χ0n) is 11.4. The number of hydrogen-bond donors (Lipinski definition) is 1. The van der Waals surface area contributed by atoms with E-state index >= 15 is 0 Å². The predicted octanol–water partition coefficient (Wildman–Crippen LogP) is 3.60. The highest BCUT2D eigenvalue weighted by Gasteiger charge is 2.29. The molecule has 0 amide bonds. The Morgan fingerprint density at radius 2 is 2.21 bits per heavy atom. The SMILES string of the molecule is CCNC(Cc1cncc(Br)c1)C1SCCSC1C. The van der Waals surface area contributed by atoms with Gasteiger partial charge in [-0.3, -0.25) is 4.98 Å². The molecule has 0 radical (unpaired) electrons. The fraction of sp³-hybridized carbons (Fsp3) is 0.643. The molecule has 0 saturated carbocycles. The molecule has 2 nitrogen and oxygen atoms in total. The molecule has 0 aromatic carbocycles. The van der Waals surface area contributed by atoms with Gasteiger partial charge in [0.1, 0.15) is 0 Å². The third kappa shape index (κ3) is 4.66. The van der Waals surface area contributed by atoms with Gasteiger partial charge in [-0.25, -0.2) is 0 Å². The Morgan fingerprint density at radius 3 is 2.89 bits per heavy atom. The van der Waals surface area contributed by atoms with Crippen molar-refractivity contribution in [1.29, 1.82) is 0 Å². The Hall–Kier alpha value is 0.290. The van der Waals surface area contributed by atoms with Gasteiger partial charge in [0.05, 0.1) is 0 Å². The Balaban J connectivity index is 2.06. The summed E-state index contributed by atoms with van der Waals surface area (Å²) in [6.07, 6.45) is 4.89. The maximum Gasteiger partial charge on any atom is 0.0410 e. The lowest BCUT2D eigenvalue weighted by Crippen LogP contribution is -2.45. The van der Waals surface area contributed by atoms with Gasteiger partial charge in [-0.05, 0) is 40.5 Å². The molecular weight excluding hydrogens is 340 g/mol. The number of aromatic nitrogens is 1. The third-order valence-electron chi connectivity index (χ3n) is 3.32. The van der Waals surface area contributed by atoms with Crippen LogP contribution in [0.3, 0.4) is 0 Å². The van der Waals surface area contributed by atoms with E-state index in [9.17, 15) is 0 Å². The maximum absolute atomic E-state index is 4.27. The molecule has 1 fully saturated rings. The fourth-order valence-corrected chi connectivity index (χ4v) is 5.85. The summed E-state index contributed by atoms with van der Waals surface area (Å²) in [4.78, 5) is 4.27. The van der Waals surface area contributed by atoms with Crippen LogP contribution < -0.4 is 5.32 Å². The average Bonchev–Trinajstić information content (AvgIpc) is 2.39. The van der Waals surface area contributed by atoms with E-state index in [1.807, 2.05) is 12.4 Å². The quantitative estimate of drug-likeness (QED) is 0.866. The van der Waals surface area contributed by atoms with Crippen molar-refractivity contribution < 1.29 is 0 Å². The van der Waals surface area contributed by atoms with E-state index in [0.717, 1.165) is 22.7 Å². The Morgan fingerprint density at radius 1 is 1.42 bits per heavy atom. The van der Waals surface area contributed by atoms with Gasteiger partial charge in [0.2, 0.25) is 0 Å². The summed E-state index contributed by atoms with van der Waals surface area (Å²) in [5.41, 5.74) is 1.31. The molecule has 106 valence electrons. The number of hydrogen-bond acceptors (Lipinski definition) is 4. The molecule has 19 heavy (non-hydrogen) atoms. The van der Waals surface area contributed by atoms with Crippen LogP contribution in [0.25, 0.3) is 0 Å². The first-order valence-electron chi connectivity index (χ1n) is 6.76. The fourth-order valence-electron chi connectivity index (χ4n) is 2.48. The second-order valence-corrected chi connectivity index (χ2v) is 8.48. The van der Waals surface area contributed by atoms with Crippen LogP contribution >= 0.6 is 39.5 Å². The number of pyridine rings is 1. The van der Waals surface area contributed by atoms with Crippen LogP contribution in [0.5, 0.6) is 0 Å². The van der Waals surface area contributed by atoms with Crippen molar-refractivity contribution in [2.45, 2.75) is 36.8 Å². The Labute approximate surface area is 133 Å². The predicted molar refractivity (Wildman–Crippen MR) is 91.3 cm³/mol. The summed E-state index contributed by atoms with van der Waals surface area (Å²) in [6, 6.07) is 2.72. The number of rotatable bonds is 5. The molecule has 3 unspecified atom stereocenters. The van der Waals surface area contributed by atoms with Crippen molar-refractivity contribution in [2.75, 3.05) is 18.1 Å². The number of nitrogens with zero attached hydrogens (tertiary/aromatic N) is 1. The van der Waals surface area contributed by atoms with Gasteiger partial charge in [0.15, 0.2) is 0 Å².